The minimum absolute atomic E-state index is 0.619. The van der Waals surface area contributed by atoms with Gasteiger partial charge in [-0.05, 0) is 12.1 Å². The number of hydrogen-bond acceptors (Lipinski definition) is 5. The number of imidazole rings is 1. The molecule has 8 heteroatoms. The van der Waals surface area contributed by atoms with Gasteiger partial charge in [-0.1, -0.05) is 35.5 Å². The average Bonchev–Trinajstić information content (AvgIpc) is 3.09. The molecule has 0 N–H and O–H groups in total. The normalized spacial score (nSPS) is 11.0. The third-order valence-electron chi connectivity index (χ3n) is 3.54. The molecule has 0 radical (unpaired) electrons. The Bertz CT molecular complexity index is 829. The zero-order chi connectivity index (χ0) is 16.4. The molecular formula is C15H16ClN5OS. The van der Waals surface area contributed by atoms with Crippen LogP contribution in [0.15, 0.2) is 35.6 Å². The van der Waals surface area contributed by atoms with Crippen LogP contribution in [-0.4, -0.2) is 31.4 Å². The molecule has 0 saturated carbocycles. The van der Waals surface area contributed by atoms with E-state index in [1.807, 2.05) is 47.5 Å². The molecule has 0 aliphatic carbocycles. The fourth-order valence-corrected chi connectivity index (χ4v) is 3.24. The number of benzene rings is 1. The molecule has 6 nitrogen and oxygen atoms in total. The molecule has 0 atom stereocenters. The lowest BCUT2D eigenvalue weighted by Crippen LogP contribution is -1.99. The zero-order valence-electron chi connectivity index (χ0n) is 13.0. The SMILES string of the molecule is COc1ccccc1-c1nnc(SCc2ncc(Cl)n2C)n1C. The maximum absolute atomic E-state index is 6.00. The first-order chi connectivity index (χ1) is 11.1. The van der Waals surface area contributed by atoms with Crippen molar-refractivity contribution < 1.29 is 4.74 Å². The largest absolute Gasteiger partial charge is 0.496 e. The number of halogens is 1. The Kier molecular flexibility index (Phi) is 4.58. The predicted molar refractivity (Wildman–Crippen MR) is 90.8 cm³/mol. The maximum Gasteiger partial charge on any atom is 0.191 e. The fraction of sp³-hybridized carbons (Fsp3) is 0.267. The molecule has 0 amide bonds. The van der Waals surface area contributed by atoms with E-state index in [4.69, 9.17) is 16.3 Å². The summed E-state index contributed by atoms with van der Waals surface area (Å²) < 4.78 is 9.20. The van der Waals surface area contributed by atoms with Crippen molar-refractivity contribution in [2.45, 2.75) is 10.9 Å². The van der Waals surface area contributed by atoms with Gasteiger partial charge in [-0.25, -0.2) is 4.98 Å². The highest BCUT2D eigenvalue weighted by molar-refractivity contribution is 7.98. The third-order valence-corrected chi connectivity index (χ3v) is 4.91. The van der Waals surface area contributed by atoms with E-state index in [9.17, 15) is 0 Å². The van der Waals surface area contributed by atoms with E-state index >= 15 is 0 Å². The standard InChI is InChI=1S/C15H16ClN5OS/c1-20-12(16)8-17-13(20)9-23-15-19-18-14(21(15)2)10-6-4-5-7-11(10)22-3/h4-8H,9H2,1-3H3. The van der Waals surface area contributed by atoms with E-state index in [1.54, 1.807) is 25.1 Å². The summed E-state index contributed by atoms with van der Waals surface area (Å²) in [7, 11) is 5.48. The van der Waals surface area contributed by atoms with Crippen molar-refractivity contribution in [2.24, 2.45) is 14.1 Å². The summed E-state index contributed by atoms with van der Waals surface area (Å²) in [5.74, 6) is 3.10. The number of rotatable bonds is 5. The van der Waals surface area contributed by atoms with Gasteiger partial charge in [0.25, 0.3) is 0 Å². The summed E-state index contributed by atoms with van der Waals surface area (Å²) in [6.45, 7) is 0. The molecule has 0 aliphatic rings. The van der Waals surface area contributed by atoms with Crippen molar-refractivity contribution >= 4 is 23.4 Å². The average molecular weight is 350 g/mol. The Morgan fingerprint density at radius 2 is 1.96 bits per heavy atom. The molecule has 0 bridgehead atoms. The molecule has 0 saturated heterocycles. The van der Waals surface area contributed by atoms with E-state index < -0.39 is 0 Å². The number of hydrogen-bond donors (Lipinski definition) is 0. The quantitative estimate of drug-likeness (QED) is 0.662. The van der Waals surface area contributed by atoms with Gasteiger partial charge >= 0.3 is 0 Å². The zero-order valence-corrected chi connectivity index (χ0v) is 14.6. The Morgan fingerprint density at radius 1 is 1.17 bits per heavy atom. The number of aromatic nitrogens is 5. The molecular weight excluding hydrogens is 334 g/mol. The highest BCUT2D eigenvalue weighted by Gasteiger charge is 2.15. The van der Waals surface area contributed by atoms with Gasteiger partial charge in [0.1, 0.15) is 16.7 Å². The second-order valence-electron chi connectivity index (χ2n) is 4.91. The molecule has 0 spiro atoms. The van der Waals surface area contributed by atoms with Gasteiger partial charge in [-0.2, -0.15) is 0 Å². The number of thioether (sulfide) groups is 1. The molecule has 2 heterocycles. The summed E-state index contributed by atoms with van der Waals surface area (Å²) in [5, 5.41) is 9.99. The summed E-state index contributed by atoms with van der Waals surface area (Å²) in [5.41, 5.74) is 0.914. The van der Waals surface area contributed by atoms with Crippen molar-refractivity contribution in [1.29, 1.82) is 0 Å². The summed E-state index contributed by atoms with van der Waals surface area (Å²) in [6, 6.07) is 7.76. The van der Waals surface area contributed by atoms with Crippen LogP contribution in [0.25, 0.3) is 11.4 Å². The molecule has 0 unspecified atom stereocenters. The van der Waals surface area contributed by atoms with Crippen molar-refractivity contribution in [3.8, 4) is 17.1 Å². The van der Waals surface area contributed by atoms with Crippen molar-refractivity contribution in [3.05, 3.63) is 41.4 Å². The number of nitrogens with zero attached hydrogens (tertiary/aromatic N) is 5. The second kappa shape index (κ2) is 6.64. The summed E-state index contributed by atoms with van der Waals surface area (Å²) in [6.07, 6.45) is 1.65. The Balaban J connectivity index is 1.83. The molecule has 1 aromatic carbocycles. The second-order valence-corrected chi connectivity index (χ2v) is 6.24. The molecule has 0 fully saturated rings. The first-order valence-corrected chi connectivity index (χ1v) is 8.30. The topological polar surface area (TPSA) is 57.8 Å². The van der Waals surface area contributed by atoms with Crippen LogP contribution in [0.5, 0.6) is 5.75 Å². The van der Waals surface area contributed by atoms with Gasteiger partial charge in [0.2, 0.25) is 0 Å². The van der Waals surface area contributed by atoms with E-state index in [2.05, 4.69) is 15.2 Å². The van der Waals surface area contributed by atoms with Crippen molar-refractivity contribution in [2.75, 3.05) is 7.11 Å². The molecule has 2 aromatic heterocycles. The van der Waals surface area contributed by atoms with E-state index in [1.165, 1.54) is 0 Å². The van der Waals surface area contributed by atoms with Crippen LogP contribution in [0, 0.1) is 0 Å². The van der Waals surface area contributed by atoms with Crippen molar-refractivity contribution in [1.82, 2.24) is 24.3 Å². The fourth-order valence-electron chi connectivity index (χ4n) is 2.19. The highest BCUT2D eigenvalue weighted by Crippen LogP contribution is 2.30. The van der Waals surface area contributed by atoms with Crippen LogP contribution >= 0.6 is 23.4 Å². The van der Waals surface area contributed by atoms with E-state index in [0.717, 1.165) is 28.1 Å². The lowest BCUT2D eigenvalue weighted by Gasteiger charge is -2.08. The first kappa shape index (κ1) is 15.9. The Morgan fingerprint density at radius 3 is 2.65 bits per heavy atom. The van der Waals surface area contributed by atoms with Crippen molar-refractivity contribution in [3.63, 3.8) is 0 Å². The van der Waals surface area contributed by atoms with Gasteiger partial charge in [0.15, 0.2) is 11.0 Å². The van der Waals surface area contributed by atoms with Crippen LogP contribution in [-0.2, 0) is 19.8 Å². The number of ether oxygens (including phenoxy) is 1. The molecule has 0 aliphatic heterocycles. The van der Waals surface area contributed by atoms with Crippen LogP contribution < -0.4 is 4.74 Å². The first-order valence-electron chi connectivity index (χ1n) is 6.93. The number of methoxy groups -OCH3 is 1. The summed E-state index contributed by atoms with van der Waals surface area (Å²) in [4.78, 5) is 4.29. The lowest BCUT2D eigenvalue weighted by atomic mass is 10.2. The van der Waals surface area contributed by atoms with Gasteiger partial charge in [0, 0.05) is 14.1 Å². The van der Waals surface area contributed by atoms with Gasteiger partial charge in [0.05, 0.1) is 24.6 Å². The van der Waals surface area contributed by atoms with Crippen LogP contribution in [0.2, 0.25) is 5.15 Å². The highest BCUT2D eigenvalue weighted by atomic mass is 35.5. The van der Waals surface area contributed by atoms with Crippen LogP contribution in [0.3, 0.4) is 0 Å². The van der Waals surface area contributed by atoms with Gasteiger partial charge in [-0.15, -0.1) is 10.2 Å². The smallest absolute Gasteiger partial charge is 0.191 e. The molecule has 23 heavy (non-hydrogen) atoms. The molecule has 3 aromatic rings. The third kappa shape index (κ3) is 3.07. The summed E-state index contributed by atoms with van der Waals surface area (Å²) >= 11 is 7.57. The minimum atomic E-state index is 0.619. The Hall–Kier alpha value is -1.99. The predicted octanol–water partition coefficient (Wildman–Crippen LogP) is 3.17. The molecule has 120 valence electrons. The van der Waals surface area contributed by atoms with Crippen LogP contribution in [0.1, 0.15) is 5.82 Å². The van der Waals surface area contributed by atoms with E-state index in [0.29, 0.717) is 10.9 Å². The van der Waals surface area contributed by atoms with Crippen LogP contribution in [0.4, 0.5) is 0 Å². The number of para-hydroxylation sites is 1. The maximum atomic E-state index is 6.00. The van der Waals surface area contributed by atoms with Gasteiger partial charge in [-0.3, -0.25) is 0 Å². The Labute approximate surface area is 143 Å². The monoisotopic (exact) mass is 349 g/mol. The lowest BCUT2D eigenvalue weighted by molar-refractivity contribution is 0.416. The molecule has 3 rings (SSSR count). The van der Waals surface area contributed by atoms with E-state index in [-0.39, 0.29) is 0 Å². The minimum Gasteiger partial charge on any atom is -0.496 e. The van der Waals surface area contributed by atoms with Gasteiger partial charge < -0.3 is 13.9 Å².